The Morgan fingerprint density at radius 2 is 1.79 bits per heavy atom. The van der Waals surface area contributed by atoms with Crippen molar-refractivity contribution in [2.24, 2.45) is 17.8 Å². The molecule has 1 aliphatic rings. The van der Waals surface area contributed by atoms with Crippen molar-refractivity contribution in [3.8, 4) is 0 Å². The molecule has 0 aromatic heterocycles. The van der Waals surface area contributed by atoms with Gasteiger partial charge in [0.1, 0.15) is 0 Å². The molecular formula is C10H18F3N. The number of alkyl halides is 3. The molecule has 1 heterocycles. The molecule has 2 atom stereocenters. The van der Waals surface area contributed by atoms with Crippen molar-refractivity contribution in [1.82, 2.24) is 4.90 Å². The van der Waals surface area contributed by atoms with Gasteiger partial charge in [0, 0.05) is 13.1 Å². The van der Waals surface area contributed by atoms with E-state index in [2.05, 4.69) is 0 Å². The first-order valence-electron chi connectivity index (χ1n) is 5.06. The van der Waals surface area contributed by atoms with E-state index in [1.165, 1.54) is 0 Å². The van der Waals surface area contributed by atoms with E-state index in [4.69, 9.17) is 0 Å². The first-order chi connectivity index (χ1) is 6.30. The molecule has 1 nitrogen and oxygen atoms in total. The van der Waals surface area contributed by atoms with Crippen LogP contribution in [0, 0.1) is 17.8 Å². The van der Waals surface area contributed by atoms with Crippen LogP contribution in [0.4, 0.5) is 13.2 Å². The molecule has 1 rings (SSSR count). The Kier molecular flexibility index (Phi) is 3.45. The third-order valence-corrected chi connectivity index (χ3v) is 3.07. The number of halogens is 3. The monoisotopic (exact) mass is 209 g/mol. The van der Waals surface area contributed by atoms with Crippen LogP contribution in [0.5, 0.6) is 0 Å². The lowest BCUT2D eigenvalue weighted by atomic mass is 9.82. The topological polar surface area (TPSA) is 3.24 Å². The van der Waals surface area contributed by atoms with E-state index >= 15 is 0 Å². The second-order valence-corrected chi connectivity index (χ2v) is 4.70. The van der Waals surface area contributed by atoms with E-state index in [0.29, 0.717) is 12.3 Å². The fourth-order valence-corrected chi connectivity index (χ4v) is 2.09. The van der Waals surface area contributed by atoms with Crippen molar-refractivity contribution in [2.75, 3.05) is 20.1 Å². The molecule has 0 saturated carbocycles. The summed E-state index contributed by atoms with van der Waals surface area (Å²) in [5.41, 5.74) is 0. The van der Waals surface area contributed by atoms with Gasteiger partial charge in [-0.2, -0.15) is 13.2 Å². The fourth-order valence-electron chi connectivity index (χ4n) is 2.09. The Bertz CT molecular complexity index is 188. The highest BCUT2D eigenvalue weighted by molar-refractivity contribution is 4.82. The summed E-state index contributed by atoms with van der Waals surface area (Å²) < 4.78 is 37.6. The van der Waals surface area contributed by atoms with Crippen molar-refractivity contribution < 1.29 is 13.2 Å². The Balaban J connectivity index is 2.63. The zero-order valence-electron chi connectivity index (χ0n) is 8.93. The predicted octanol–water partition coefficient (Wildman–Crippen LogP) is 2.77. The van der Waals surface area contributed by atoms with Crippen LogP contribution in [0.15, 0.2) is 0 Å². The molecule has 14 heavy (non-hydrogen) atoms. The molecule has 0 aromatic carbocycles. The van der Waals surface area contributed by atoms with Gasteiger partial charge in [-0.05, 0) is 25.3 Å². The second kappa shape index (κ2) is 4.09. The van der Waals surface area contributed by atoms with Crippen LogP contribution in [-0.4, -0.2) is 31.2 Å². The minimum atomic E-state index is -4.03. The lowest BCUT2D eigenvalue weighted by Gasteiger charge is -2.38. The molecule has 2 unspecified atom stereocenters. The molecule has 0 radical (unpaired) electrons. The molecule has 4 heteroatoms. The van der Waals surface area contributed by atoms with Crippen molar-refractivity contribution in [2.45, 2.75) is 26.4 Å². The van der Waals surface area contributed by atoms with Crippen LogP contribution in [0.3, 0.4) is 0 Å². The van der Waals surface area contributed by atoms with Crippen LogP contribution in [-0.2, 0) is 0 Å². The molecule has 1 fully saturated rings. The lowest BCUT2D eigenvalue weighted by Crippen LogP contribution is -2.45. The standard InChI is InChI=1S/C10H18F3N/c1-7(2)8-4-9(10(11,12)13)6-14(3)5-8/h7-9H,4-6H2,1-3H3. The summed E-state index contributed by atoms with van der Waals surface area (Å²) in [7, 11) is 1.77. The van der Waals surface area contributed by atoms with E-state index in [1.807, 2.05) is 13.8 Å². The van der Waals surface area contributed by atoms with Crippen LogP contribution >= 0.6 is 0 Å². The zero-order valence-corrected chi connectivity index (χ0v) is 8.93. The maximum absolute atomic E-state index is 12.5. The normalized spacial score (nSPS) is 31.1. The van der Waals surface area contributed by atoms with E-state index in [1.54, 1.807) is 11.9 Å². The summed E-state index contributed by atoms with van der Waals surface area (Å²) in [6.45, 7) is 4.95. The first kappa shape index (κ1) is 11.8. The molecule has 1 aliphatic heterocycles. The second-order valence-electron chi connectivity index (χ2n) is 4.70. The van der Waals surface area contributed by atoms with Gasteiger partial charge in [-0.25, -0.2) is 0 Å². The number of hydrogen-bond donors (Lipinski definition) is 0. The molecule has 1 saturated heterocycles. The Morgan fingerprint density at radius 1 is 1.21 bits per heavy atom. The summed E-state index contributed by atoms with van der Waals surface area (Å²) in [6, 6.07) is 0. The summed E-state index contributed by atoms with van der Waals surface area (Å²) in [5, 5.41) is 0. The van der Waals surface area contributed by atoms with Crippen molar-refractivity contribution >= 4 is 0 Å². The van der Waals surface area contributed by atoms with Crippen molar-refractivity contribution in [1.29, 1.82) is 0 Å². The molecule has 84 valence electrons. The molecule has 0 spiro atoms. The lowest BCUT2D eigenvalue weighted by molar-refractivity contribution is -0.191. The Morgan fingerprint density at radius 3 is 2.21 bits per heavy atom. The van der Waals surface area contributed by atoms with Crippen LogP contribution in [0.25, 0.3) is 0 Å². The highest BCUT2D eigenvalue weighted by Gasteiger charge is 2.44. The summed E-state index contributed by atoms with van der Waals surface area (Å²) in [6.07, 6.45) is -3.73. The van der Waals surface area contributed by atoms with E-state index in [9.17, 15) is 13.2 Å². The number of hydrogen-bond acceptors (Lipinski definition) is 1. The first-order valence-corrected chi connectivity index (χ1v) is 5.06. The maximum Gasteiger partial charge on any atom is 0.393 e. The van der Waals surface area contributed by atoms with Gasteiger partial charge in [-0.1, -0.05) is 13.8 Å². The van der Waals surface area contributed by atoms with Gasteiger partial charge in [0.2, 0.25) is 0 Å². The van der Waals surface area contributed by atoms with Crippen LogP contribution < -0.4 is 0 Å². The fraction of sp³-hybridized carbons (Fsp3) is 1.00. The van der Waals surface area contributed by atoms with Crippen LogP contribution in [0.1, 0.15) is 20.3 Å². The highest BCUT2D eigenvalue weighted by atomic mass is 19.4. The smallest absolute Gasteiger partial charge is 0.305 e. The summed E-state index contributed by atoms with van der Waals surface area (Å²) >= 11 is 0. The molecule has 0 aliphatic carbocycles. The van der Waals surface area contributed by atoms with Crippen molar-refractivity contribution in [3.63, 3.8) is 0 Å². The van der Waals surface area contributed by atoms with Gasteiger partial charge in [-0.15, -0.1) is 0 Å². The number of nitrogens with zero attached hydrogens (tertiary/aromatic N) is 1. The molecule has 0 N–H and O–H groups in total. The highest BCUT2D eigenvalue weighted by Crippen LogP contribution is 2.36. The zero-order chi connectivity index (χ0) is 10.9. The van der Waals surface area contributed by atoms with Gasteiger partial charge in [0.05, 0.1) is 5.92 Å². The average molecular weight is 209 g/mol. The minimum absolute atomic E-state index is 0.159. The number of likely N-dealkylation sites (tertiary alicyclic amines) is 1. The Labute approximate surface area is 83.3 Å². The molecule has 0 aromatic rings. The van der Waals surface area contributed by atoms with E-state index < -0.39 is 12.1 Å². The van der Waals surface area contributed by atoms with E-state index in [-0.39, 0.29) is 12.5 Å². The predicted molar refractivity (Wildman–Crippen MR) is 50.0 cm³/mol. The van der Waals surface area contributed by atoms with Crippen LogP contribution in [0.2, 0.25) is 0 Å². The Hall–Kier alpha value is -0.250. The third-order valence-electron chi connectivity index (χ3n) is 3.07. The minimum Gasteiger partial charge on any atom is -0.305 e. The molecule has 0 amide bonds. The molecule has 0 bridgehead atoms. The van der Waals surface area contributed by atoms with Gasteiger partial charge in [0.25, 0.3) is 0 Å². The van der Waals surface area contributed by atoms with Gasteiger partial charge < -0.3 is 4.90 Å². The SMILES string of the molecule is CC(C)C1CC(C(F)(F)F)CN(C)C1. The van der Waals surface area contributed by atoms with Gasteiger partial charge in [0.15, 0.2) is 0 Å². The van der Waals surface area contributed by atoms with Gasteiger partial charge >= 0.3 is 6.18 Å². The number of rotatable bonds is 1. The average Bonchev–Trinajstić information content (AvgIpc) is 2.01. The summed E-state index contributed by atoms with van der Waals surface area (Å²) in [5.74, 6) is -0.614. The van der Waals surface area contributed by atoms with Crippen molar-refractivity contribution in [3.05, 3.63) is 0 Å². The quantitative estimate of drug-likeness (QED) is 0.642. The van der Waals surface area contributed by atoms with Gasteiger partial charge in [-0.3, -0.25) is 0 Å². The third kappa shape index (κ3) is 2.87. The summed E-state index contributed by atoms with van der Waals surface area (Å²) in [4.78, 5) is 1.80. The molecular weight excluding hydrogens is 191 g/mol. The number of piperidine rings is 1. The maximum atomic E-state index is 12.5. The van der Waals surface area contributed by atoms with E-state index in [0.717, 1.165) is 6.54 Å². The largest absolute Gasteiger partial charge is 0.393 e.